The van der Waals surface area contributed by atoms with Crippen molar-refractivity contribution in [2.45, 2.75) is 6.42 Å². The predicted molar refractivity (Wildman–Crippen MR) is 75.8 cm³/mol. The monoisotopic (exact) mass is 300 g/mol. The van der Waals surface area contributed by atoms with Gasteiger partial charge < -0.3 is 20.1 Å². The third-order valence-electron chi connectivity index (χ3n) is 2.57. The first-order valence-corrected chi connectivity index (χ1v) is 6.43. The molecule has 2 N–H and O–H groups in total. The van der Waals surface area contributed by atoms with Crippen LogP contribution in [0.4, 0.5) is 10.5 Å². The van der Waals surface area contributed by atoms with E-state index in [9.17, 15) is 9.59 Å². The number of halogens is 1. The molecular weight excluding hydrogens is 284 g/mol. The van der Waals surface area contributed by atoms with Gasteiger partial charge in [0, 0.05) is 23.8 Å². The summed E-state index contributed by atoms with van der Waals surface area (Å²) >= 11 is 5.75. The molecule has 0 fully saturated rings. The lowest BCUT2D eigenvalue weighted by molar-refractivity contribution is -0.140. The Labute approximate surface area is 122 Å². The largest absolute Gasteiger partial charge is 0.469 e. The molecule has 0 spiro atoms. The van der Waals surface area contributed by atoms with Gasteiger partial charge in [-0.15, -0.1) is 0 Å². The molecule has 0 aliphatic carbocycles. The summed E-state index contributed by atoms with van der Waals surface area (Å²) in [5.74, 6) is -0.410. The van der Waals surface area contributed by atoms with E-state index in [1.54, 1.807) is 24.3 Å². The van der Waals surface area contributed by atoms with E-state index in [1.807, 2.05) is 0 Å². The molecule has 2 amide bonds. The number of nitrogens with one attached hydrogen (secondary N) is 1. The molecule has 0 radical (unpaired) electrons. The number of methoxy groups -OCH3 is 1. The number of carbonyl (C=O) groups excluding carboxylic acids is 2. The number of benzene rings is 1. The van der Waals surface area contributed by atoms with E-state index in [-0.39, 0.29) is 26.1 Å². The van der Waals surface area contributed by atoms with E-state index in [0.717, 1.165) is 0 Å². The molecule has 0 bridgehead atoms. The Morgan fingerprint density at radius 2 is 1.95 bits per heavy atom. The average Bonchev–Trinajstić information content (AvgIpc) is 2.45. The van der Waals surface area contributed by atoms with Crippen LogP contribution in [0.25, 0.3) is 0 Å². The minimum absolute atomic E-state index is 0.0739. The molecule has 0 aliphatic rings. The molecule has 0 unspecified atom stereocenters. The summed E-state index contributed by atoms with van der Waals surface area (Å²) in [5, 5.41) is 12.2. The predicted octanol–water partition coefficient (Wildman–Crippen LogP) is 1.73. The molecule has 1 aromatic carbocycles. The second-order valence-corrected chi connectivity index (χ2v) is 4.41. The Bertz CT molecular complexity index is 450. The van der Waals surface area contributed by atoms with Gasteiger partial charge in [-0.3, -0.25) is 4.79 Å². The van der Waals surface area contributed by atoms with Gasteiger partial charge in [0.2, 0.25) is 0 Å². The van der Waals surface area contributed by atoms with Crippen molar-refractivity contribution in [2.75, 3.05) is 32.1 Å². The number of rotatable bonds is 6. The van der Waals surface area contributed by atoms with Gasteiger partial charge in [0.05, 0.1) is 20.1 Å². The Morgan fingerprint density at radius 3 is 2.50 bits per heavy atom. The van der Waals surface area contributed by atoms with Gasteiger partial charge in [0.1, 0.15) is 0 Å². The lowest BCUT2D eigenvalue weighted by Crippen LogP contribution is -2.38. The fourth-order valence-corrected chi connectivity index (χ4v) is 1.63. The highest BCUT2D eigenvalue weighted by atomic mass is 35.5. The zero-order valence-corrected chi connectivity index (χ0v) is 11.9. The molecule has 0 atom stereocenters. The quantitative estimate of drug-likeness (QED) is 0.784. The van der Waals surface area contributed by atoms with Crippen molar-refractivity contribution in [1.29, 1.82) is 0 Å². The van der Waals surface area contributed by atoms with Crippen molar-refractivity contribution in [3.8, 4) is 0 Å². The Hall–Kier alpha value is -1.79. The lowest BCUT2D eigenvalue weighted by Gasteiger charge is -2.21. The Morgan fingerprint density at radius 1 is 1.30 bits per heavy atom. The topological polar surface area (TPSA) is 78.9 Å². The number of ether oxygens (including phenoxy) is 1. The Balaban J connectivity index is 2.58. The zero-order valence-electron chi connectivity index (χ0n) is 11.1. The van der Waals surface area contributed by atoms with Crippen LogP contribution < -0.4 is 5.32 Å². The van der Waals surface area contributed by atoms with Crippen LogP contribution >= 0.6 is 11.6 Å². The summed E-state index contributed by atoms with van der Waals surface area (Å²) in [7, 11) is 1.28. The van der Waals surface area contributed by atoms with Crippen molar-refractivity contribution in [3.63, 3.8) is 0 Å². The van der Waals surface area contributed by atoms with Gasteiger partial charge in [-0.1, -0.05) is 11.6 Å². The van der Waals surface area contributed by atoms with E-state index < -0.39 is 12.0 Å². The van der Waals surface area contributed by atoms with Gasteiger partial charge >= 0.3 is 12.0 Å². The maximum absolute atomic E-state index is 12.0. The normalized spacial score (nSPS) is 9.95. The van der Waals surface area contributed by atoms with Gasteiger partial charge in [-0.05, 0) is 24.3 Å². The number of hydrogen-bond acceptors (Lipinski definition) is 4. The van der Waals surface area contributed by atoms with Crippen molar-refractivity contribution < 1.29 is 19.4 Å². The van der Waals surface area contributed by atoms with Gasteiger partial charge in [-0.2, -0.15) is 0 Å². The van der Waals surface area contributed by atoms with E-state index >= 15 is 0 Å². The van der Waals surface area contributed by atoms with Crippen molar-refractivity contribution in [2.24, 2.45) is 0 Å². The minimum atomic E-state index is -0.410. The minimum Gasteiger partial charge on any atom is -0.469 e. The molecule has 20 heavy (non-hydrogen) atoms. The molecule has 6 nitrogen and oxygen atoms in total. The second-order valence-electron chi connectivity index (χ2n) is 3.97. The number of urea groups is 1. The number of aliphatic hydroxyl groups is 1. The number of amides is 2. The average molecular weight is 301 g/mol. The lowest BCUT2D eigenvalue weighted by atomic mass is 10.3. The third kappa shape index (κ3) is 5.46. The van der Waals surface area contributed by atoms with Crippen molar-refractivity contribution in [3.05, 3.63) is 29.3 Å². The summed E-state index contributed by atoms with van der Waals surface area (Å²) < 4.78 is 4.52. The molecule has 0 aromatic heterocycles. The fourth-order valence-electron chi connectivity index (χ4n) is 1.50. The first-order chi connectivity index (χ1) is 9.56. The van der Waals surface area contributed by atoms with Crippen LogP contribution in [0.3, 0.4) is 0 Å². The van der Waals surface area contributed by atoms with Crippen molar-refractivity contribution in [1.82, 2.24) is 4.90 Å². The number of aliphatic hydroxyl groups excluding tert-OH is 1. The first kappa shape index (κ1) is 16.3. The molecule has 0 aliphatic heterocycles. The highest BCUT2D eigenvalue weighted by Gasteiger charge is 2.14. The number of anilines is 1. The van der Waals surface area contributed by atoms with Gasteiger partial charge in [0.15, 0.2) is 0 Å². The summed E-state index contributed by atoms with van der Waals surface area (Å²) in [6.07, 6.45) is 0.0739. The highest BCUT2D eigenvalue weighted by molar-refractivity contribution is 6.30. The van der Waals surface area contributed by atoms with E-state index in [0.29, 0.717) is 10.7 Å². The number of carbonyl (C=O) groups is 2. The number of esters is 1. The third-order valence-corrected chi connectivity index (χ3v) is 2.82. The standard InChI is InChI=1S/C13H17ClN2O4/c1-20-12(18)6-7-16(8-9-17)13(19)15-11-4-2-10(14)3-5-11/h2-5,17H,6-9H2,1H3,(H,15,19). The highest BCUT2D eigenvalue weighted by Crippen LogP contribution is 2.14. The SMILES string of the molecule is COC(=O)CCN(CCO)C(=O)Nc1ccc(Cl)cc1. The fraction of sp³-hybridized carbons (Fsp3) is 0.385. The smallest absolute Gasteiger partial charge is 0.321 e. The summed E-state index contributed by atoms with van der Waals surface area (Å²) in [5.41, 5.74) is 0.584. The first-order valence-electron chi connectivity index (χ1n) is 6.06. The zero-order chi connectivity index (χ0) is 15.0. The van der Waals surface area contributed by atoms with Crippen LogP contribution in [0.5, 0.6) is 0 Å². The van der Waals surface area contributed by atoms with Crippen LogP contribution in [0.2, 0.25) is 5.02 Å². The maximum Gasteiger partial charge on any atom is 0.321 e. The van der Waals surface area contributed by atoms with E-state index in [4.69, 9.17) is 16.7 Å². The summed E-state index contributed by atoms with van der Waals surface area (Å²) in [4.78, 5) is 24.4. The Kier molecular flexibility index (Phi) is 6.83. The molecule has 1 aromatic rings. The number of hydrogen-bond donors (Lipinski definition) is 2. The maximum atomic E-state index is 12.0. The molecule has 0 saturated heterocycles. The molecule has 0 saturated carbocycles. The summed E-state index contributed by atoms with van der Waals surface area (Å²) in [6.45, 7) is 0.123. The number of nitrogens with zero attached hydrogens (tertiary/aromatic N) is 1. The molecule has 110 valence electrons. The van der Waals surface area contributed by atoms with E-state index in [2.05, 4.69) is 10.1 Å². The van der Waals surface area contributed by atoms with Crippen molar-refractivity contribution >= 4 is 29.3 Å². The molecule has 1 rings (SSSR count). The van der Waals surface area contributed by atoms with Crippen LogP contribution in [0, 0.1) is 0 Å². The molecule has 7 heteroatoms. The second kappa shape index (κ2) is 8.39. The van der Waals surface area contributed by atoms with Crippen LogP contribution in [-0.2, 0) is 9.53 Å². The van der Waals surface area contributed by atoms with Gasteiger partial charge in [0.25, 0.3) is 0 Å². The van der Waals surface area contributed by atoms with E-state index in [1.165, 1.54) is 12.0 Å². The van der Waals surface area contributed by atoms with Crippen LogP contribution in [0.1, 0.15) is 6.42 Å². The molecular formula is C13H17ClN2O4. The van der Waals surface area contributed by atoms with Gasteiger partial charge in [-0.25, -0.2) is 4.79 Å². The molecule has 0 heterocycles. The summed E-state index contributed by atoms with van der Waals surface area (Å²) in [6, 6.07) is 6.24. The van der Waals surface area contributed by atoms with Crippen LogP contribution in [-0.4, -0.2) is 48.8 Å². The van der Waals surface area contributed by atoms with Crippen LogP contribution in [0.15, 0.2) is 24.3 Å².